The Morgan fingerprint density at radius 3 is 1.97 bits per heavy atom. The highest BCUT2D eigenvalue weighted by molar-refractivity contribution is 6.35. The molecule has 3 aromatic rings. The van der Waals surface area contributed by atoms with Crippen molar-refractivity contribution >= 4 is 29.1 Å². The van der Waals surface area contributed by atoms with Gasteiger partial charge >= 0.3 is 0 Å². The molecule has 0 N–H and O–H groups in total. The van der Waals surface area contributed by atoms with Gasteiger partial charge in [-0.3, -0.25) is 4.79 Å². The lowest BCUT2D eigenvalue weighted by atomic mass is 9.96. The molecule has 0 fully saturated rings. The minimum atomic E-state index is -0.705. The number of ether oxygens (including phenoxy) is 1. The summed E-state index contributed by atoms with van der Waals surface area (Å²) in [7, 11) is 0. The zero-order valence-electron chi connectivity index (χ0n) is 16.4. The molecule has 29 heavy (non-hydrogen) atoms. The molecule has 3 nitrogen and oxygen atoms in total. The predicted octanol–water partition coefficient (Wildman–Crippen LogP) is 6.40. The number of carbonyl (C=O) groups is 1. The van der Waals surface area contributed by atoms with Gasteiger partial charge in [0.25, 0.3) is 5.91 Å². The number of amides is 1. The van der Waals surface area contributed by atoms with E-state index in [1.54, 1.807) is 25.1 Å². The van der Waals surface area contributed by atoms with E-state index in [0.717, 1.165) is 11.1 Å². The molecule has 0 aliphatic heterocycles. The second-order valence-electron chi connectivity index (χ2n) is 6.68. The van der Waals surface area contributed by atoms with Crippen LogP contribution >= 0.6 is 23.2 Å². The number of nitrogens with zero attached hydrogens (tertiary/aromatic N) is 1. The van der Waals surface area contributed by atoms with Crippen molar-refractivity contribution in [3.8, 4) is 5.75 Å². The molecule has 0 saturated carbocycles. The van der Waals surface area contributed by atoms with Crippen molar-refractivity contribution in [3.05, 3.63) is 100 Å². The fourth-order valence-corrected chi connectivity index (χ4v) is 3.79. The third-order valence-electron chi connectivity index (χ3n) is 4.71. The number of likely N-dealkylation sites (N-methyl/N-ethyl adjacent to an activating group) is 1. The fourth-order valence-electron chi connectivity index (χ4n) is 3.33. The fraction of sp³-hybridized carbons (Fsp3) is 0.208. The zero-order valence-corrected chi connectivity index (χ0v) is 17.9. The van der Waals surface area contributed by atoms with Crippen molar-refractivity contribution in [3.63, 3.8) is 0 Å². The van der Waals surface area contributed by atoms with E-state index in [1.165, 1.54) is 0 Å². The van der Waals surface area contributed by atoms with E-state index < -0.39 is 6.10 Å². The standard InChI is InChI=1S/C24H23Cl2NO2/c1-3-27(24(28)17(2)29-22-15-14-20(25)16-21(22)26)23(18-10-6-4-7-11-18)19-12-8-5-9-13-19/h4-17,23H,3H2,1-2H3. The van der Waals surface area contributed by atoms with E-state index in [1.807, 2.05) is 72.5 Å². The van der Waals surface area contributed by atoms with Gasteiger partial charge in [0, 0.05) is 11.6 Å². The lowest BCUT2D eigenvalue weighted by Crippen LogP contribution is -2.43. The summed E-state index contributed by atoms with van der Waals surface area (Å²) in [4.78, 5) is 15.2. The molecular weight excluding hydrogens is 405 g/mol. The molecule has 0 aliphatic rings. The quantitative estimate of drug-likeness (QED) is 0.436. The van der Waals surface area contributed by atoms with Crippen LogP contribution < -0.4 is 4.74 Å². The average Bonchev–Trinajstić information content (AvgIpc) is 2.74. The van der Waals surface area contributed by atoms with Gasteiger partial charge < -0.3 is 9.64 Å². The van der Waals surface area contributed by atoms with Gasteiger partial charge in [-0.25, -0.2) is 0 Å². The lowest BCUT2D eigenvalue weighted by molar-refractivity contribution is -0.139. The van der Waals surface area contributed by atoms with Crippen LogP contribution in [0.2, 0.25) is 10.0 Å². The molecule has 0 saturated heterocycles. The maximum Gasteiger partial charge on any atom is 0.264 e. The third-order valence-corrected chi connectivity index (χ3v) is 5.24. The minimum absolute atomic E-state index is 0.115. The van der Waals surface area contributed by atoms with E-state index in [9.17, 15) is 4.79 Å². The van der Waals surface area contributed by atoms with E-state index in [-0.39, 0.29) is 11.9 Å². The topological polar surface area (TPSA) is 29.5 Å². The third kappa shape index (κ3) is 5.11. The van der Waals surface area contributed by atoms with Crippen LogP contribution in [-0.4, -0.2) is 23.5 Å². The molecule has 0 aliphatic carbocycles. The first-order valence-electron chi connectivity index (χ1n) is 9.53. The first-order valence-corrected chi connectivity index (χ1v) is 10.3. The minimum Gasteiger partial charge on any atom is -0.479 e. The number of halogens is 2. The Bertz CT molecular complexity index is 908. The van der Waals surface area contributed by atoms with Gasteiger partial charge in [0.1, 0.15) is 5.75 Å². The second-order valence-corrected chi connectivity index (χ2v) is 7.53. The average molecular weight is 428 g/mol. The van der Waals surface area contributed by atoms with Crippen molar-refractivity contribution in [2.45, 2.75) is 26.0 Å². The number of rotatable bonds is 7. The summed E-state index contributed by atoms with van der Waals surface area (Å²) in [6, 6.07) is 24.8. The Morgan fingerprint density at radius 1 is 0.931 bits per heavy atom. The van der Waals surface area contributed by atoms with Gasteiger partial charge in [0.2, 0.25) is 0 Å². The maximum atomic E-state index is 13.4. The Kier molecular flexibility index (Phi) is 7.18. The lowest BCUT2D eigenvalue weighted by Gasteiger charge is -2.33. The van der Waals surface area contributed by atoms with Crippen LogP contribution in [0.1, 0.15) is 31.0 Å². The number of hydrogen-bond acceptors (Lipinski definition) is 2. The Morgan fingerprint density at radius 2 is 1.48 bits per heavy atom. The number of carbonyl (C=O) groups excluding carboxylic acids is 1. The Balaban J connectivity index is 1.90. The van der Waals surface area contributed by atoms with Gasteiger partial charge in [-0.1, -0.05) is 83.9 Å². The molecule has 1 amide bonds. The predicted molar refractivity (Wildman–Crippen MR) is 119 cm³/mol. The Labute approximate surface area is 181 Å². The largest absolute Gasteiger partial charge is 0.479 e. The van der Waals surface area contributed by atoms with Crippen LogP contribution in [0.4, 0.5) is 0 Å². The molecule has 1 atom stereocenters. The van der Waals surface area contributed by atoms with Crippen molar-refractivity contribution in [2.24, 2.45) is 0 Å². The van der Waals surface area contributed by atoms with Crippen LogP contribution in [0, 0.1) is 0 Å². The highest BCUT2D eigenvalue weighted by Gasteiger charge is 2.30. The molecule has 0 radical (unpaired) electrons. The highest BCUT2D eigenvalue weighted by atomic mass is 35.5. The molecule has 0 heterocycles. The summed E-state index contributed by atoms with van der Waals surface area (Å²) in [5.74, 6) is 0.320. The molecule has 0 spiro atoms. The van der Waals surface area contributed by atoms with Gasteiger partial charge in [0.15, 0.2) is 6.10 Å². The smallest absolute Gasteiger partial charge is 0.264 e. The van der Waals surface area contributed by atoms with Gasteiger partial charge in [-0.15, -0.1) is 0 Å². The van der Waals surface area contributed by atoms with Gasteiger partial charge in [-0.2, -0.15) is 0 Å². The SMILES string of the molecule is CCN(C(=O)C(C)Oc1ccc(Cl)cc1Cl)C(c1ccccc1)c1ccccc1. The molecule has 150 valence electrons. The van der Waals surface area contributed by atoms with Crippen molar-refractivity contribution < 1.29 is 9.53 Å². The van der Waals surface area contributed by atoms with Gasteiger partial charge in [0.05, 0.1) is 11.1 Å². The van der Waals surface area contributed by atoms with Crippen LogP contribution in [0.5, 0.6) is 5.75 Å². The summed E-state index contributed by atoms with van der Waals surface area (Å²) in [6.45, 7) is 4.25. The molecule has 0 aromatic heterocycles. The summed E-state index contributed by atoms with van der Waals surface area (Å²) >= 11 is 12.2. The van der Waals surface area contributed by atoms with Crippen LogP contribution in [0.25, 0.3) is 0 Å². The first kappa shape index (κ1) is 21.2. The van der Waals surface area contributed by atoms with Gasteiger partial charge in [-0.05, 0) is 43.2 Å². The van der Waals surface area contributed by atoms with Crippen molar-refractivity contribution in [1.82, 2.24) is 4.90 Å². The van der Waals surface area contributed by atoms with Crippen LogP contribution in [-0.2, 0) is 4.79 Å². The molecular formula is C24H23Cl2NO2. The van der Waals surface area contributed by atoms with Crippen molar-refractivity contribution in [2.75, 3.05) is 6.54 Å². The summed E-state index contributed by atoms with van der Waals surface area (Å²) in [6.07, 6.45) is -0.705. The van der Waals surface area contributed by atoms with E-state index in [0.29, 0.717) is 22.3 Å². The molecule has 3 aromatic carbocycles. The Hall–Kier alpha value is -2.49. The molecule has 1 unspecified atom stereocenters. The molecule has 0 bridgehead atoms. The second kappa shape index (κ2) is 9.82. The number of benzene rings is 3. The normalized spacial score (nSPS) is 11.9. The van der Waals surface area contributed by atoms with E-state index in [2.05, 4.69) is 0 Å². The van der Waals surface area contributed by atoms with E-state index in [4.69, 9.17) is 27.9 Å². The van der Waals surface area contributed by atoms with Crippen molar-refractivity contribution in [1.29, 1.82) is 0 Å². The maximum absolute atomic E-state index is 13.4. The van der Waals surface area contributed by atoms with E-state index >= 15 is 0 Å². The van der Waals surface area contributed by atoms with Crippen LogP contribution in [0.15, 0.2) is 78.9 Å². The first-order chi connectivity index (χ1) is 14.0. The number of hydrogen-bond donors (Lipinski definition) is 0. The summed E-state index contributed by atoms with van der Waals surface area (Å²) in [5.41, 5.74) is 2.09. The van der Waals surface area contributed by atoms with Crippen LogP contribution in [0.3, 0.4) is 0 Å². The summed E-state index contributed by atoms with van der Waals surface area (Å²) in [5, 5.41) is 0.896. The highest BCUT2D eigenvalue weighted by Crippen LogP contribution is 2.31. The molecule has 5 heteroatoms. The summed E-state index contributed by atoms with van der Waals surface area (Å²) < 4.78 is 5.88. The molecule has 3 rings (SSSR count). The monoisotopic (exact) mass is 427 g/mol. The zero-order chi connectivity index (χ0) is 20.8.